The number of aromatic nitrogens is 1. The van der Waals surface area contributed by atoms with Crippen molar-refractivity contribution in [1.29, 1.82) is 5.41 Å². The van der Waals surface area contributed by atoms with E-state index in [0.717, 1.165) is 22.3 Å². The smallest absolute Gasteiger partial charge is 0.257 e. The van der Waals surface area contributed by atoms with Crippen molar-refractivity contribution >= 4 is 34.2 Å². The van der Waals surface area contributed by atoms with Crippen LogP contribution in [0.25, 0.3) is 22.0 Å². The van der Waals surface area contributed by atoms with Crippen molar-refractivity contribution in [1.82, 2.24) is 10.3 Å². The molecule has 0 radical (unpaired) electrons. The lowest BCUT2D eigenvalue weighted by Gasteiger charge is -2.11. The third-order valence-electron chi connectivity index (χ3n) is 3.85. The van der Waals surface area contributed by atoms with Crippen LogP contribution in [-0.4, -0.2) is 23.8 Å². The van der Waals surface area contributed by atoms with Crippen LogP contribution in [0.2, 0.25) is 5.02 Å². The number of fused-ring (bicyclic) bond motifs is 1. The molecular formula is C20H14ClN3O2. The number of amides is 1. The molecule has 128 valence electrons. The Morgan fingerprint density at radius 2 is 2.00 bits per heavy atom. The highest BCUT2D eigenvalue weighted by Gasteiger charge is 2.14. The first-order valence-electron chi connectivity index (χ1n) is 7.62. The van der Waals surface area contributed by atoms with Crippen LogP contribution < -0.4 is 10.1 Å². The Hall–Kier alpha value is -3.36. The molecule has 0 spiro atoms. The molecule has 5 nitrogen and oxygen atoms in total. The molecular weight excluding hydrogens is 350 g/mol. The van der Waals surface area contributed by atoms with E-state index in [4.69, 9.17) is 28.2 Å². The number of amidine groups is 1. The standard InChI is InChI=1S/C20H14ClN3O2/c1-3-18(22)24-20(25)13-6-9-17-15(10-13)19(16(21)11-23-17)12-4-7-14(26-2)8-5-12/h1,4-11H,2H3,(H2,22,24,25). The van der Waals surface area contributed by atoms with Crippen molar-refractivity contribution in [3.63, 3.8) is 0 Å². The molecule has 0 aliphatic rings. The Kier molecular flexibility index (Phi) is 4.87. The van der Waals surface area contributed by atoms with E-state index in [1.54, 1.807) is 31.5 Å². The molecule has 26 heavy (non-hydrogen) atoms. The van der Waals surface area contributed by atoms with Crippen molar-refractivity contribution < 1.29 is 9.53 Å². The summed E-state index contributed by atoms with van der Waals surface area (Å²) in [5, 5.41) is 10.9. The van der Waals surface area contributed by atoms with Crippen LogP contribution in [0.15, 0.2) is 48.7 Å². The third-order valence-corrected chi connectivity index (χ3v) is 4.13. The molecule has 1 heterocycles. The van der Waals surface area contributed by atoms with Gasteiger partial charge in [0.25, 0.3) is 5.91 Å². The first-order chi connectivity index (χ1) is 12.5. The van der Waals surface area contributed by atoms with Crippen LogP contribution >= 0.6 is 11.6 Å². The average Bonchev–Trinajstić information content (AvgIpc) is 2.67. The molecule has 0 fully saturated rings. The molecule has 0 atom stereocenters. The van der Waals surface area contributed by atoms with E-state index in [0.29, 0.717) is 16.1 Å². The number of methoxy groups -OCH3 is 1. The van der Waals surface area contributed by atoms with Crippen LogP contribution in [0.3, 0.4) is 0 Å². The van der Waals surface area contributed by atoms with E-state index >= 15 is 0 Å². The Bertz CT molecular complexity index is 1050. The molecule has 3 aromatic rings. The van der Waals surface area contributed by atoms with Gasteiger partial charge in [-0.1, -0.05) is 23.7 Å². The number of nitrogens with zero attached hydrogens (tertiary/aromatic N) is 1. The van der Waals surface area contributed by atoms with Gasteiger partial charge in [0.1, 0.15) is 5.75 Å². The third kappa shape index (κ3) is 3.37. The molecule has 3 rings (SSSR count). The minimum Gasteiger partial charge on any atom is -0.497 e. The van der Waals surface area contributed by atoms with Gasteiger partial charge in [-0.15, -0.1) is 6.42 Å². The molecule has 1 amide bonds. The van der Waals surface area contributed by atoms with Crippen molar-refractivity contribution in [3.8, 4) is 29.2 Å². The number of ether oxygens (including phenoxy) is 1. The summed E-state index contributed by atoms with van der Waals surface area (Å²) in [6, 6.07) is 12.5. The summed E-state index contributed by atoms with van der Waals surface area (Å²) in [4.78, 5) is 16.6. The summed E-state index contributed by atoms with van der Waals surface area (Å²) < 4.78 is 5.19. The lowest BCUT2D eigenvalue weighted by Crippen LogP contribution is -2.28. The maximum Gasteiger partial charge on any atom is 0.257 e. The van der Waals surface area contributed by atoms with E-state index in [-0.39, 0.29) is 5.84 Å². The maximum atomic E-state index is 12.3. The van der Waals surface area contributed by atoms with Gasteiger partial charge in [-0.05, 0) is 41.8 Å². The Labute approximate surface area is 155 Å². The first-order valence-corrected chi connectivity index (χ1v) is 8.00. The Morgan fingerprint density at radius 3 is 2.65 bits per heavy atom. The molecule has 0 aliphatic heterocycles. The SMILES string of the molecule is C#CC(=N)NC(=O)c1ccc2ncc(Cl)c(-c3ccc(OC)cc3)c2c1. The molecule has 2 N–H and O–H groups in total. The molecule has 0 aliphatic carbocycles. The molecule has 6 heteroatoms. The van der Waals surface area contributed by atoms with Crippen LogP contribution in [0.5, 0.6) is 5.75 Å². The number of carbonyl (C=O) groups is 1. The second-order valence-corrected chi connectivity index (χ2v) is 5.82. The van der Waals surface area contributed by atoms with Gasteiger partial charge in [0.15, 0.2) is 5.84 Å². The fourth-order valence-corrected chi connectivity index (χ4v) is 2.84. The quantitative estimate of drug-likeness (QED) is 0.421. The second-order valence-electron chi connectivity index (χ2n) is 5.42. The molecule has 0 bridgehead atoms. The van der Waals surface area contributed by atoms with Crippen LogP contribution in [-0.2, 0) is 0 Å². The van der Waals surface area contributed by atoms with Crippen LogP contribution in [0.4, 0.5) is 0 Å². The maximum absolute atomic E-state index is 12.3. The summed E-state index contributed by atoms with van der Waals surface area (Å²) in [5.74, 6) is 2.04. The van der Waals surface area contributed by atoms with Crippen LogP contribution in [0, 0.1) is 17.8 Å². The molecule has 0 saturated carbocycles. The fourth-order valence-electron chi connectivity index (χ4n) is 2.58. The van der Waals surface area contributed by atoms with Gasteiger partial charge >= 0.3 is 0 Å². The summed E-state index contributed by atoms with van der Waals surface area (Å²) >= 11 is 6.40. The van der Waals surface area contributed by atoms with E-state index in [9.17, 15) is 4.79 Å². The van der Waals surface area contributed by atoms with Crippen molar-refractivity contribution in [3.05, 3.63) is 59.2 Å². The van der Waals surface area contributed by atoms with Crippen LogP contribution in [0.1, 0.15) is 10.4 Å². The van der Waals surface area contributed by atoms with Gasteiger partial charge in [-0.25, -0.2) is 0 Å². The van der Waals surface area contributed by atoms with E-state index in [1.807, 2.05) is 24.3 Å². The monoisotopic (exact) mass is 363 g/mol. The predicted octanol–water partition coefficient (Wildman–Crippen LogP) is 3.90. The minimum atomic E-state index is -0.462. The van der Waals surface area contributed by atoms with Gasteiger partial charge in [0.05, 0.1) is 17.6 Å². The van der Waals surface area contributed by atoms with Gasteiger partial charge in [0.2, 0.25) is 0 Å². The lowest BCUT2D eigenvalue weighted by molar-refractivity contribution is 0.0977. The van der Waals surface area contributed by atoms with Crippen molar-refractivity contribution in [2.45, 2.75) is 0 Å². The summed E-state index contributed by atoms with van der Waals surface area (Å²) in [5.41, 5.74) is 2.69. The summed E-state index contributed by atoms with van der Waals surface area (Å²) in [6.45, 7) is 0. The zero-order valence-electron chi connectivity index (χ0n) is 13.8. The number of nitrogens with one attached hydrogen (secondary N) is 2. The lowest BCUT2D eigenvalue weighted by atomic mass is 9.99. The van der Waals surface area contributed by atoms with Crippen molar-refractivity contribution in [2.75, 3.05) is 7.11 Å². The highest BCUT2D eigenvalue weighted by atomic mass is 35.5. The number of hydrogen-bond acceptors (Lipinski definition) is 4. The number of pyridine rings is 1. The topological polar surface area (TPSA) is 75.1 Å². The van der Waals surface area contributed by atoms with Gasteiger partial charge < -0.3 is 4.74 Å². The number of carbonyl (C=O) groups excluding carboxylic acids is 1. The van der Waals surface area contributed by atoms with Gasteiger partial charge in [0, 0.05) is 22.7 Å². The summed E-state index contributed by atoms with van der Waals surface area (Å²) in [7, 11) is 1.60. The fraction of sp³-hybridized carbons (Fsp3) is 0.0500. The normalized spacial score (nSPS) is 10.2. The first kappa shape index (κ1) is 17.5. The van der Waals surface area contributed by atoms with Gasteiger partial charge in [-0.2, -0.15) is 0 Å². The zero-order chi connectivity index (χ0) is 18.7. The highest BCUT2D eigenvalue weighted by Crippen LogP contribution is 2.35. The number of hydrogen-bond donors (Lipinski definition) is 2. The van der Waals surface area contributed by atoms with E-state index in [2.05, 4.69) is 16.2 Å². The zero-order valence-corrected chi connectivity index (χ0v) is 14.6. The molecule has 1 aromatic heterocycles. The Balaban J connectivity index is 2.14. The number of rotatable bonds is 3. The van der Waals surface area contributed by atoms with Gasteiger partial charge in [-0.3, -0.25) is 20.5 Å². The molecule has 0 saturated heterocycles. The highest BCUT2D eigenvalue weighted by molar-refractivity contribution is 6.34. The largest absolute Gasteiger partial charge is 0.497 e. The number of terminal acetylenes is 1. The van der Waals surface area contributed by atoms with E-state index < -0.39 is 5.91 Å². The predicted molar refractivity (Wildman–Crippen MR) is 103 cm³/mol. The van der Waals surface area contributed by atoms with Crippen molar-refractivity contribution in [2.24, 2.45) is 0 Å². The minimum absolute atomic E-state index is 0.297. The Morgan fingerprint density at radius 1 is 1.27 bits per heavy atom. The molecule has 0 unspecified atom stereocenters. The number of halogens is 1. The van der Waals surface area contributed by atoms with E-state index in [1.165, 1.54) is 0 Å². The average molecular weight is 364 g/mol. The summed E-state index contributed by atoms with van der Waals surface area (Å²) in [6.07, 6.45) is 6.69. The molecule has 2 aromatic carbocycles. The second kappa shape index (κ2) is 7.26. The number of benzene rings is 2.